The number of aliphatic hydroxyl groups excluding tert-OH is 3. The van der Waals surface area contributed by atoms with Crippen molar-refractivity contribution in [3.63, 3.8) is 0 Å². The number of benzene rings is 2. The van der Waals surface area contributed by atoms with Crippen molar-refractivity contribution < 1.29 is 20.1 Å². The molecule has 8 nitrogen and oxygen atoms in total. The summed E-state index contributed by atoms with van der Waals surface area (Å²) in [6.07, 6.45) is 0. The number of carbonyl (C=O) groups is 1. The van der Waals surface area contributed by atoms with Crippen LogP contribution in [0.4, 0.5) is 22.7 Å². The van der Waals surface area contributed by atoms with E-state index in [1.807, 2.05) is 64.1 Å². The van der Waals surface area contributed by atoms with Gasteiger partial charge in [-0.05, 0) is 89.1 Å². The second-order valence-corrected chi connectivity index (χ2v) is 9.46. The van der Waals surface area contributed by atoms with Crippen LogP contribution in [-0.2, 0) is 4.79 Å². The topological polar surface area (TPSA) is 109 Å². The number of aliphatic hydroxyl groups is 3. The quantitative estimate of drug-likeness (QED) is 0.315. The molecule has 3 rings (SSSR count). The number of hydrogen-bond donors (Lipinski definition) is 4. The van der Waals surface area contributed by atoms with Crippen LogP contribution in [0.1, 0.15) is 38.8 Å². The first kappa shape index (κ1) is 28.9. The summed E-state index contributed by atoms with van der Waals surface area (Å²) in [5.41, 5.74) is 6.89. The van der Waals surface area contributed by atoms with Gasteiger partial charge >= 0.3 is 0 Å². The summed E-state index contributed by atoms with van der Waals surface area (Å²) >= 11 is 0. The Bertz CT molecular complexity index is 1280. The molecular weight excluding hydrogens is 480 g/mol. The third kappa shape index (κ3) is 6.09. The smallest absolute Gasteiger partial charge is 0.209 e. The molecule has 0 radical (unpaired) electrons. The number of allylic oxidation sites excluding steroid dienone is 2. The highest BCUT2D eigenvalue weighted by Crippen LogP contribution is 2.32. The largest absolute Gasteiger partial charge is 0.505 e. The van der Waals surface area contributed by atoms with Gasteiger partial charge in [-0.25, -0.2) is 4.99 Å². The lowest BCUT2D eigenvalue weighted by molar-refractivity contribution is -0.112. The standard InChI is InChI=1S/C30H40N4O4/c1-7-33(13-15-35)23-9-11-25(19(3)17-23)31-27-21(5)28(30(38)22(6)29(27)37)32-26-12-10-24(18-20(26)4)34(8-2)14-16-36/h9-12,17-18,31,35-36,38H,7-8,13-16H2,1-6H3. The number of likely N-dealkylation sites (N-methyl/N-ethyl adjacent to an activating group) is 2. The first-order valence-corrected chi connectivity index (χ1v) is 13.1. The Morgan fingerprint density at radius 2 is 1.37 bits per heavy atom. The number of aryl methyl sites for hydroxylation is 2. The molecule has 0 saturated carbocycles. The Morgan fingerprint density at radius 1 is 0.816 bits per heavy atom. The number of nitrogens with one attached hydrogen (secondary N) is 1. The Balaban J connectivity index is 1.99. The number of carbonyl (C=O) groups excluding carboxylic acids is 1. The molecule has 0 spiro atoms. The van der Waals surface area contributed by atoms with E-state index in [1.54, 1.807) is 13.8 Å². The van der Waals surface area contributed by atoms with Crippen molar-refractivity contribution >= 4 is 34.2 Å². The van der Waals surface area contributed by atoms with Gasteiger partial charge in [0.2, 0.25) is 5.78 Å². The predicted molar refractivity (Wildman–Crippen MR) is 156 cm³/mol. The van der Waals surface area contributed by atoms with Crippen molar-refractivity contribution in [2.24, 2.45) is 4.99 Å². The number of anilines is 3. The zero-order chi connectivity index (χ0) is 28.0. The van der Waals surface area contributed by atoms with Gasteiger partial charge in [0.25, 0.3) is 0 Å². The van der Waals surface area contributed by atoms with E-state index < -0.39 is 0 Å². The van der Waals surface area contributed by atoms with Gasteiger partial charge in [-0.3, -0.25) is 4.79 Å². The van der Waals surface area contributed by atoms with Gasteiger partial charge in [-0.15, -0.1) is 0 Å². The lowest BCUT2D eigenvalue weighted by Crippen LogP contribution is -2.27. The zero-order valence-corrected chi connectivity index (χ0v) is 23.3. The van der Waals surface area contributed by atoms with Crippen LogP contribution < -0.4 is 15.1 Å². The molecule has 8 heteroatoms. The fourth-order valence-corrected chi connectivity index (χ4v) is 4.61. The second-order valence-electron chi connectivity index (χ2n) is 9.46. The third-order valence-electron chi connectivity index (χ3n) is 6.99. The summed E-state index contributed by atoms with van der Waals surface area (Å²) in [6.45, 7) is 14.2. The minimum Gasteiger partial charge on any atom is -0.505 e. The minimum atomic E-state index is -0.271. The molecule has 204 valence electrons. The number of ketones is 1. The fourth-order valence-electron chi connectivity index (χ4n) is 4.61. The van der Waals surface area contributed by atoms with Crippen LogP contribution in [0.15, 0.2) is 64.0 Å². The summed E-state index contributed by atoms with van der Waals surface area (Å²) in [4.78, 5) is 22.1. The molecule has 0 saturated heterocycles. The van der Waals surface area contributed by atoms with E-state index in [0.717, 1.165) is 41.3 Å². The highest BCUT2D eigenvalue weighted by molar-refractivity contribution is 6.27. The SMILES string of the molecule is CCN(CCO)c1ccc(N=C2C(C)=C(Nc3ccc(N(CC)CCO)cc3C)C(=O)C(C)=C2O)c(C)c1. The van der Waals surface area contributed by atoms with Crippen molar-refractivity contribution in [1.82, 2.24) is 0 Å². The molecule has 4 N–H and O–H groups in total. The summed E-state index contributed by atoms with van der Waals surface area (Å²) < 4.78 is 0. The monoisotopic (exact) mass is 520 g/mol. The molecular formula is C30H40N4O4. The van der Waals surface area contributed by atoms with Crippen LogP contribution in [0.25, 0.3) is 0 Å². The second kappa shape index (κ2) is 12.8. The van der Waals surface area contributed by atoms with E-state index in [-0.39, 0.29) is 30.3 Å². The molecule has 0 amide bonds. The lowest BCUT2D eigenvalue weighted by Gasteiger charge is -2.25. The van der Waals surface area contributed by atoms with E-state index in [1.165, 1.54) is 0 Å². The zero-order valence-electron chi connectivity index (χ0n) is 23.3. The molecule has 0 aromatic heterocycles. The number of aliphatic imine (C=N–C) groups is 1. The van der Waals surface area contributed by atoms with E-state index >= 15 is 0 Å². The van der Waals surface area contributed by atoms with Gasteiger partial charge in [0.15, 0.2) is 0 Å². The highest BCUT2D eigenvalue weighted by atomic mass is 16.3. The number of nitrogens with zero attached hydrogens (tertiary/aromatic N) is 3. The Morgan fingerprint density at radius 3 is 1.87 bits per heavy atom. The Labute approximate surface area is 225 Å². The maximum atomic E-state index is 13.2. The first-order chi connectivity index (χ1) is 18.2. The molecule has 0 atom stereocenters. The molecule has 1 aliphatic rings. The van der Waals surface area contributed by atoms with Crippen molar-refractivity contribution in [3.05, 3.63) is 70.1 Å². The van der Waals surface area contributed by atoms with Crippen molar-refractivity contribution in [3.8, 4) is 0 Å². The summed E-state index contributed by atoms with van der Waals surface area (Å²) in [5.74, 6) is -0.390. The molecule has 38 heavy (non-hydrogen) atoms. The number of rotatable bonds is 11. The minimum absolute atomic E-state index is 0.0738. The van der Waals surface area contributed by atoms with Gasteiger partial charge in [-0.1, -0.05) is 0 Å². The third-order valence-corrected chi connectivity index (χ3v) is 6.99. The molecule has 0 unspecified atom stereocenters. The van der Waals surface area contributed by atoms with Crippen LogP contribution in [-0.4, -0.2) is 66.2 Å². The van der Waals surface area contributed by atoms with Crippen molar-refractivity contribution in [2.45, 2.75) is 41.5 Å². The Hall–Kier alpha value is -3.62. The average Bonchev–Trinajstić information content (AvgIpc) is 2.91. The molecule has 2 aromatic carbocycles. The average molecular weight is 521 g/mol. The molecule has 0 heterocycles. The maximum absolute atomic E-state index is 13.2. The van der Waals surface area contributed by atoms with Crippen LogP contribution in [0.5, 0.6) is 0 Å². The fraction of sp³-hybridized carbons (Fsp3) is 0.400. The van der Waals surface area contributed by atoms with Crippen molar-refractivity contribution in [1.29, 1.82) is 0 Å². The van der Waals surface area contributed by atoms with Gasteiger partial charge in [0.05, 0.1) is 24.6 Å². The van der Waals surface area contributed by atoms with E-state index in [9.17, 15) is 20.1 Å². The lowest BCUT2D eigenvalue weighted by atomic mass is 9.92. The number of hydrogen-bond acceptors (Lipinski definition) is 8. The van der Waals surface area contributed by atoms with Crippen LogP contribution >= 0.6 is 0 Å². The van der Waals surface area contributed by atoms with Gasteiger partial charge in [0.1, 0.15) is 11.5 Å². The van der Waals surface area contributed by atoms with Crippen LogP contribution in [0.2, 0.25) is 0 Å². The van der Waals surface area contributed by atoms with Gasteiger partial charge in [-0.2, -0.15) is 0 Å². The van der Waals surface area contributed by atoms with Gasteiger partial charge < -0.3 is 30.4 Å². The van der Waals surface area contributed by atoms with E-state index in [4.69, 9.17) is 4.99 Å². The Kier molecular flexibility index (Phi) is 9.72. The molecule has 0 aliphatic heterocycles. The predicted octanol–water partition coefficient (Wildman–Crippen LogP) is 4.81. The first-order valence-electron chi connectivity index (χ1n) is 13.1. The summed E-state index contributed by atoms with van der Waals surface area (Å²) in [6, 6.07) is 11.8. The van der Waals surface area contributed by atoms with Gasteiger partial charge in [0, 0.05) is 54.4 Å². The van der Waals surface area contributed by atoms with E-state index in [2.05, 4.69) is 15.1 Å². The molecule has 0 fully saturated rings. The summed E-state index contributed by atoms with van der Waals surface area (Å²) in [7, 11) is 0. The molecule has 0 bridgehead atoms. The maximum Gasteiger partial charge on any atom is 0.209 e. The number of Topliss-reactive ketones (excluding diaryl/α,β-unsaturated/α-hetero) is 1. The summed E-state index contributed by atoms with van der Waals surface area (Å²) in [5, 5.41) is 32.9. The normalized spacial score (nSPS) is 14.9. The van der Waals surface area contributed by atoms with Crippen LogP contribution in [0, 0.1) is 13.8 Å². The molecule has 2 aromatic rings. The highest BCUT2D eigenvalue weighted by Gasteiger charge is 2.29. The molecule has 1 aliphatic carbocycles. The van der Waals surface area contributed by atoms with E-state index in [0.29, 0.717) is 35.8 Å². The van der Waals surface area contributed by atoms with Crippen molar-refractivity contribution in [2.75, 3.05) is 54.5 Å². The van der Waals surface area contributed by atoms with Crippen LogP contribution in [0.3, 0.4) is 0 Å².